The maximum absolute atomic E-state index is 11.8. The molecule has 2 heteroatoms. The quantitative estimate of drug-likeness (QED) is 0.345. The normalized spacial score (nSPS) is 11.4. The molecule has 0 N–H and O–H groups in total. The summed E-state index contributed by atoms with van der Waals surface area (Å²) in [6, 6.07) is 17.6. The van der Waals surface area contributed by atoms with Crippen LogP contribution in [-0.2, 0) is 0 Å². The van der Waals surface area contributed by atoms with Crippen LogP contribution in [0.3, 0.4) is 0 Å². The molecule has 0 spiro atoms. The van der Waals surface area contributed by atoms with Crippen molar-refractivity contribution in [1.82, 2.24) is 0 Å². The van der Waals surface area contributed by atoms with Crippen molar-refractivity contribution in [2.24, 2.45) is 0 Å². The molecule has 0 unspecified atom stereocenters. The van der Waals surface area contributed by atoms with Gasteiger partial charge in [-0.3, -0.25) is 4.79 Å². The summed E-state index contributed by atoms with van der Waals surface area (Å²) in [5, 5.41) is 5.03. The summed E-state index contributed by atoms with van der Waals surface area (Å²) in [7, 11) is 0. The summed E-state index contributed by atoms with van der Waals surface area (Å²) in [6.07, 6.45) is 1.46. The molecule has 3 aromatic carbocycles. The van der Waals surface area contributed by atoms with E-state index >= 15 is 0 Å². The van der Waals surface area contributed by atoms with Crippen LogP contribution < -0.4 is 5.43 Å². The van der Waals surface area contributed by atoms with E-state index in [9.17, 15) is 4.79 Å². The number of hydrogen-bond donors (Lipinski definition) is 0. The number of benzene rings is 3. The second-order valence-electron chi connectivity index (χ2n) is 4.65. The monoisotopic (exact) mass is 246 g/mol. The molecule has 0 radical (unpaired) electrons. The zero-order valence-electron chi connectivity index (χ0n) is 10.1. The average molecular weight is 246 g/mol. The van der Waals surface area contributed by atoms with Gasteiger partial charge in [-0.15, -0.1) is 0 Å². The SMILES string of the molecule is O=c1ccoc2c1ccc1cc3ccccc3cc12. The van der Waals surface area contributed by atoms with Crippen LogP contribution in [0, 0.1) is 0 Å². The molecule has 0 bridgehead atoms. The second-order valence-corrected chi connectivity index (χ2v) is 4.65. The van der Waals surface area contributed by atoms with Gasteiger partial charge in [0.25, 0.3) is 0 Å². The van der Waals surface area contributed by atoms with E-state index in [2.05, 4.69) is 24.3 Å². The fraction of sp³-hybridized carbons (Fsp3) is 0. The van der Waals surface area contributed by atoms with Crippen LogP contribution >= 0.6 is 0 Å². The number of rotatable bonds is 0. The molecule has 1 heterocycles. The van der Waals surface area contributed by atoms with E-state index in [0.717, 1.165) is 16.2 Å². The lowest BCUT2D eigenvalue weighted by atomic mass is 10.0. The predicted octanol–water partition coefficient (Wildman–Crippen LogP) is 4.10. The lowest BCUT2D eigenvalue weighted by Gasteiger charge is -2.04. The molecule has 0 fully saturated rings. The topological polar surface area (TPSA) is 30.2 Å². The van der Waals surface area contributed by atoms with Crippen molar-refractivity contribution in [2.75, 3.05) is 0 Å². The number of hydrogen-bond acceptors (Lipinski definition) is 2. The van der Waals surface area contributed by atoms with Crippen LogP contribution in [0.4, 0.5) is 0 Å². The molecule has 4 aromatic rings. The van der Waals surface area contributed by atoms with Gasteiger partial charge in [0.2, 0.25) is 0 Å². The van der Waals surface area contributed by atoms with E-state index in [4.69, 9.17) is 4.42 Å². The summed E-state index contributed by atoms with van der Waals surface area (Å²) in [5.41, 5.74) is 0.659. The maximum Gasteiger partial charge on any atom is 0.192 e. The molecule has 0 aliphatic heterocycles. The van der Waals surface area contributed by atoms with Crippen LogP contribution in [0.5, 0.6) is 0 Å². The highest BCUT2D eigenvalue weighted by molar-refractivity contribution is 6.09. The van der Waals surface area contributed by atoms with Gasteiger partial charge in [-0.2, -0.15) is 0 Å². The molecule has 0 aliphatic carbocycles. The first kappa shape index (κ1) is 10.3. The summed E-state index contributed by atoms with van der Waals surface area (Å²) in [5.74, 6) is 0. The van der Waals surface area contributed by atoms with Crippen molar-refractivity contribution in [2.45, 2.75) is 0 Å². The van der Waals surface area contributed by atoms with Crippen LogP contribution in [0.1, 0.15) is 0 Å². The van der Waals surface area contributed by atoms with Crippen molar-refractivity contribution in [3.05, 3.63) is 71.1 Å². The van der Waals surface area contributed by atoms with Crippen LogP contribution in [-0.4, -0.2) is 0 Å². The van der Waals surface area contributed by atoms with Crippen molar-refractivity contribution in [3.8, 4) is 0 Å². The second kappa shape index (κ2) is 3.69. The molecule has 2 nitrogen and oxygen atoms in total. The zero-order chi connectivity index (χ0) is 12.8. The van der Waals surface area contributed by atoms with E-state index in [1.807, 2.05) is 24.3 Å². The third kappa shape index (κ3) is 1.47. The van der Waals surface area contributed by atoms with Crippen LogP contribution in [0.15, 0.2) is 70.1 Å². The lowest BCUT2D eigenvalue weighted by molar-refractivity contribution is 0.606. The Kier molecular flexibility index (Phi) is 2.00. The highest BCUT2D eigenvalue weighted by Gasteiger charge is 2.06. The van der Waals surface area contributed by atoms with Crippen LogP contribution in [0.2, 0.25) is 0 Å². The van der Waals surface area contributed by atoms with Gasteiger partial charge in [0.05, 0.1) is 11.6 Å². The Morgan fingerprint density at radius 2 is 1.53 bits per heavy atom. The Hall–Kier alpha value is -2.61. The van der Waals surface area contributed by atoms with Crippen molar-refractivity contribution in [3.63, 3.8) is 0 Å². The average Bonchev–Trinajstić information content (AvgIpc) is 2.45. The Morgan fingerprint density at radius 3 is 2.37 bits per heavy atom. The minimum absolute atomic E-state index is 0.00342. The fourth-order valence-electron chi connectivity index (χ4n) is 2.56. The summed E-state index contributed by atoms with van der Waals surface area (Å²) in [6.45, 7) is 0. The van der Waals surface area contributed by atoms with Crippen molar-refractivity contribution in [1.29, 1.82) is 0 Å². The Balaban J connectivity index is 2.29. The van der Waals surface area contributed by atoms with Gasteiger partial charge in [0.1, 0.15) is 5.58 Å². The van der Waals surface area contributed by atoms with Gasteiger partial charge in [0.15, 0.2) is 5.43 Å². The van der Waals surface area contributed by atoms with Gasteiger partial charge >= 0.3 is 0 Å². The molecular weight excluding hydrogens is 236 g/mol. The Morgan fingerprint density at radius 1 is 0.737 bits per heavy atom. The summed E-state index contributed by atoms with van der Waals surface area (Å²) >= 11 is 0. The molecule has 0 amide bonds. The largest absolute Gasteiger partial charge is 0.463 e. The third-order valence-corrected chi connectivity index (χ3v) is 3.51. The first-order valence-electron chi connectivity index (χ1n) is 6.16. The third-order valence-electron chi connectivity index (χ3n) is 3.51. The maximum atomic E-state index is 11.8. The lowest BCUT2D eigenvalue weighted by Crippen LogP contribution is -1.97. The molecule has 0 saturated heterocycles. The molecule has 90 valence electrons. The molecule has 19 heavy (non-hydrogen) atoms. The van der Waals surface area contributed by atoms with Gasteiger partial charge in [-0.1, -0.05) is 30.3 Å². The van der Waals surface area contributed by atoms with Crippen molar-refractivity contribution < 1.29 is 4.42 Å². The van der Waals surface area contributed by atoms with Gasteiger partial charge in [-0.25, -0.2) is 0 Å². The predicted molar refractivity (Wildman–Crippen MR) is 77.5 cm³/mol. The first-order chi connectivity index (χ1) is 9.33. The minimum atomic E-state index is -0.00342. The highest BCUT2D eigenvalue weighted by atomic mass is 16.3. The van der Waals surface area contributed by atoms with E-state index in [1.165, 1.54) is 17.7 Å². The van der Waals surface area contributed by atoms with Gasteiger partial charge in [-0.05, 0) is 34.4 Å². The molecular formula is C17H10O2. The highest BCUT2D eigenvalue weighted by Crippen LogP contribution is 2.28. The molecule has 0 atom stereocenters. The molecule has 4 rings (SSSR count). The number of fused-ring (bicyclic) bond motifs is 4. The van der Waals surface area contributed by atoms with Crippen molar-refractivity contribution >= 4 is 32.5 Å². The van der Waals surface area contributed by atoms with Crippen LogP contribution in [0.25, 0.3) is 32.5 Å². The smallest absolute Gasteiger partial charge is 0.192 e. The van der Waals surface area contributed by atoms with Gasteiger partial charge in [0, 0.05) is 11.5 Å². The van der Waals surface area contributed by atoms with E-state index < -0.39 is 0 Å². The zero-order valence-corrected chi connectivity index (χ0v) is 10.1. The van der Waals surface area contributed by atoms with E-state index in [0.29, 0.717) is 11.0 Å². The fourth-order valence-corrected chi connectivity index (χ4v) is 2.56. The summed E-state index contributed by atoms with van der Waals surface area (Å²) < 4.78 is 5.55. The molecule has 0 aliphatic rings. The van der Waals surface area contributed by atoms with Gasteiger partial charge < -0.3 is 4.42 Å². The minimum Gasteiger partial charge on any atom is -0.463 e. The van der Waals surface area contributed by atoms with E-state index in [-0.39, 0.29) is 5.43 Å². The van der Waals surface area contributed by atoms with E-state index in [1.54, 1.807) is 0 Å². The molecule has 1 aromatic heterocycles. The molecule has 0 saturated carbocycles. The Labute approximate surface area is 108 Å². The summed E-state index contributed by atoms with van der Waals surface area (Å²) in [4.78, 5) is 11.8. The first-order valence-corrected chi connectivity index (χ1v) is 6.16. The standard InChI is InChI=1S/C17H10O2/c18-16-7-8-19-17-14(16)6-5-13-9-11-3-1-2-4-12(11)10-15(13)17/h1-10H. The Bertz CT molecular complexity index is 980.